The van der Waals surface area contributed by atoms with E-state index in [2.05, 4.69) is 20.7 Å². The van der Waals surface area contributed by atoms with Crippen molar-refractivity contribution in [1.82, 2.24) is 4.98 Å². The lowest BCUT2D eigenvalue weighted by atomic mass is 9.99. The molecule has 2 aromatic rings. The van der Waals surface area contributed by atoms with Crippen LogP contribution in [-0.4, -0.2) is 21.6 Å². The molecule has 2 amide bonds. The molecule has 0 saturated heterocycles. The largest absolute Gasteiger partial charge is 0.412 e. The minimum atomic E-state index is -1.14. The van der Waals surface area contributed by atoms with Gasteiger partial charge in [0.05, 0.1) is 5.69 Å². The number of rotatable bonds is 3. The van der Waals surface area contributed by atoms with E-state index >= 15 is 0 Å². The van der Waals surface area contributed by atoms with E-state index in [0.717, 1.165) is 44.2 Å². The third kappa shape index (κ3) is 4.04. The monoisotopic (exact) mass is 422 g/mol. The summed E-state index contributed by atoms with van der Waals surface area (Å²) in [6.07, 6.45) is 6.46. The van der Waals surface area contributed by atoms with Gasteiger partial charge in [-0.2, -0.15) is 0 Å². The molecule has 2 aliphatic rings. The van der Waals surface area contributed by atoms with Crippen LogP contribution in [0.4, 0.5) is 10.5 Å². The topological polar surface area (TPSA) is 132 Å². The summed E-state index contributed by atoms with van der Waals surface area (Å²) in [4.78, 5) is 16.9. The molecule has 0 radical (unpaired) electrons. The second kappa shape index (κ2) is 8.00. The molecule has 0 spiro atoms. The van der Waals surface area contributed by atoms with Gasteiger partial charge in [-0.15, -0.1) is 15.7 Å². The Kier molecular flexibility index (Phi) is 6.02. The number of aryl methyl sites for hydroxylation is 2. The first-order valence-electron chi connectivity index (χ1n) is 9.19. The molecule has 28 heavy (non-hydrogen) atoms. The highest BCUT2D eigenvalue weighted by Gasteiger charge is 2.25. The molecule has 4 rings (SSSR count). The molecular formula is C19H26N4O3S2. The summed E-state index contributed by atoms with van der Waals surface area (Å²) in [5.74, 6) is 0. The predicted octanol–water partition coefficient (Wildman–Crippen LogP) is 2.79. The maximum absolute atomic E-state index is 12.6. The van der Waals surface area contributed by atoms with E-state index in [1.165, 1.54) is 33.6 Å². The number of thiazole rings is 1. The number of nitrogens with two attached hydrogens (primary N) is 1. The molecule has 0 bridgehead atoms. The molecule has 0 fully saturated rings. The fraction of sp³-hybridized carbons (Fsp3) is 0.474. The van der Waals surface area contributed by atoms with Gasteiger partial charge in [0.1, 0.15) is 5.60 Å². The molecule has 6 N–H and O–H groups in total. The minimum Gasteiger partial charge on any atom is -0.412 e. The van der Waals surface area contributed by atoms with Crippen LogP contribution in [0.2, 0.25) is 0 Å². The van der Waals surface area contributed by atoms with Crippen molar-refractivity contribution in [2.45, 2.75) is 62.3 Å². The molecular weight excluding hydrogens is 396 g/mol. The van der Waals surface area contributed by atoms with Crippen LogP contribution in [0.5, 0.6) is 0 Å². The van der Waals surface area contributed by atoms with Gasteiger partial charge < -0.3 is 15.9 Å². The molecule has 152 valence electrons. The number of aromatic nitrogens is 1. The summed E-state index contributed by atoms with van der Waals surface area (Å²) in [5.41, 5.74) is 5.76. The second-order valence-corrected chi connectivity index (χ2v) is 9.94. The number of anilines is 1. The van der Waals surface area contributed by atoms with E-state index in [9.17, 15) is 9.90 Å². The van der Waals surface area contributed by atoms with Gasteiger partial charge in [-0.3, -0.25) is 5.14 Å². The van der Waals surface area contributed by atoms with Crippen molar-refractivity contribution in [2.24, 2.45) is 9.50 Å². The summed E-state index contributed by atoms with van der Waals surface area (Å²) in [6.45, 7) is 3.34. The summed E-state index contributed by atoms with van der Waals surface area (Å²) < 4.78 is 4.66. The van der Waals surface area contributed by atoms with Crippen molar-refractivity contribution in [3.05, 3.63) is 39.4 Å². The minimum absolute atomic E-state index is 0. The molecule has 9 heteroatoms. The van der Waals surface area contributed by atoms with Gasteiger partial charge in [-0.25, -0.2) is 9.78 Å². The lowest BCUT2D eigenvalue weighted by Gasteiger charge is -2.15. The smallest absolute Gasteiger partial charge is 0.352 e. The maximum Gasteiger partial charge on any atom is 0.352 e. The van der Waals surface area contributed by atoms with E-state index in [-0.39, 0.29) is 5.48 Å². The van der Waals surface area contributed by atoms with Gasteiger partial charge in [-0.1, -0.05) is 6.07 Å². The Bertz CT molecular complexity index is 915. The number of nitrogens with one attached hydrogen (secondary N) is 1. The average Bonchev–Trinajstić information content (AvgIpc) is 3.33. The number of amides is 2. The van der Waals surface area contributed by atoms with Crippen molar-refractivity contribution in [2.75, 3.05) is 5.32 Å². The van der Waals surface area contributed by atoms with E-state index in [4.69, 9.17) is 5.14 Å². The predicted molar refractivity (Wildman–Crippen MR) is 113 cm³/mol. The number of carbonyl (C=O) groups is 1. The standard InChI is InChI=1S/C19H24N4O2S2.H2O/c1-19(2,25)15-10-26-18(21-15)27(20)23-17(24)22-16-13-7-3-5-11(13)9-12-6-4-8-14(12)16;/h9-10,25H,3-8H2,1-2H3,(H3,20,22,23,24);1H2. The Labute approximate surface area is 170 Å². The highest BCUT2D eigenvalue weighted by atomic mass is 32.2. The molecule has 1 aromatic carbocycles. The quantitative estimate of drug-likeness (QED) is 0.701. The SMILES string of the molecule is CC(C)(O)c1csc(S(N)=NC(=O)Nc2c3c(cc4c2CCC4)CCC3)n1.O. The van der Waals surface area contributed by atoms with E-state index < -0.39 is 22.5 Å². The number of nitrogens with zero attached hydrogens (tertiary/aromatic N) is 2. The van der Waals surface area contributed by atoms with Crippen LogP contribution in [0.15, 0.2) is 20.1 Å². The van der Waals surface area contributed by atoms with Gasteiger partial charge in [0, 0.05) is 21.9 Å². The fourth-order valence-electron chi connectivity index (χ4n) is 3.86. The van der Waals surface area contributed by atoms with E-state index in [1.807, 2.05) is 0 Å². The molecule has 0 aliphatic heterocycles. The maximum atomic E-state index is 12.6. The Morgan fingerprint density at radius 2 is 1.86 bits per heavy atom. The van der Waals surface area contributed by atoms with E-state index in [1.54, 1.807) is 19.2 Å². The van der Waals surface area contributed by atoms with Gasteiger partial charge in [0.25, 0.3) is 0 Å². The zero-order valence-electron chi connectivity index (χ0n) is 16.0. The Hall–Kier alpha value is -1.65. The van der Waals surface area contributed by atoms with Crippen LogP contribution in [0, 0.1) is 0 Å². The van der Waals surface area contributed by atoms with Crippen LogP contribution >= 0.6 is 11.3 Å². The molecule has 1 unspecified atom stereocenters. The Morgan fingerprint density at radius 3 is 2.39 bits per heavy atom. The fourth-order valence-corrected chi connectivity index (χ4v) is 5.71. The highest BCUT2D eigenvalue weighted by molar-refractivity contribution is 7.87. The molecule has 1 atom stereocenters. The van der Waals surface area contributed by atoms with Crippen molar-refractivity contribution in [1.29, 1.82) is 0 Å². The zero-order chi connectivity index (χ0) is 19.2. The number of hydrogen-bond acceptors (Lipinski definition) is 4. The second-order valence-electron chi connectivity index (χ2n) is 7.63. The third-order valence-corrected chi connectivity index (χ3v) is 7.42. The first-order chi connectivity index (χ1) is 12.8. The van der Waals surface area contributed by atoms with Gasteiger partial charge in [-0.05, 0) is 74.6 Å². The summed E-state index contributed by atoms with van der Waals surface area (Å²) >= 11 is 1.32. The van der Waals surface area contributed by atoms with Crippen molar-refractivity contribution in [3.8, 4) is 0 Å². The number of fused-ring (bicyclic) bond motifs is 2. The summed E-state index contributed by atoms with van der Waals surface area (Å²) in [6, 6.07) is 1.91. The first-order valence-corrected chi connectivity index (χ1v) is 11.3. The van der Waals surface area contributed by atoms with E-state index in [0.29, 0.717) is 10.0 Å². The Balaban J connectivity index is 0.00000225. The Morgan fingerprint density at radius 1 is 1.25 bits per heavy atom. The number of benzene rings is 1. The normalized spacial score (nSPS) is 16.4. The number of urea groups is 1. The summed E-state index contributed by atoms with van der Waals surface area (Å²) in [7, 11) is -1.14. The number of carbonyl (C=O) groups excluding carboxylic acids is 1. The van der Waals surface area contributed by atoms with Crippen molar-refractivity contribution in [3.63, 3.8) is 0 Å². The number of aliphatic hydroxyl groups is 1. The van der Waals surface area contributed by atoms with Gasteiger partial charge in [0.15, 0.2) is 4.34 Å². The molecule has 1 heterocycles. The number of hydrogen-bond donors (Lipinski definition) is 3. The van der Waals surface area contributed by atoms with Crippen LogP contribution in [0.1, 0.15) is 54.6 Å². The summed E-state index contributed by atoms with van der Waals surface area (Å²) in [5, 5.41) is 20.9. The van der Waals surface area contributed by atoms with Gasteiger partial charge >= 0.3 is 6.03 Å². The van der Waals surface area contributed by atoms with Gasteiger partial charge in [0.2, 0.25) is 0 Å². The van der Waals surface area contributed by atoms with Crippen LogP contribution in [-0.2, 0) is 42.2 Å². The average molecular weight is 423 g/mol. The molecule has 1 aromatic heterocycles. The lowest BCUT2D eigenvalue weighted by molar-refractivity contribution is 0.0741. The molecule has 0 saturated carbocycles. The van der Waals surface area contributed by atoms with Crippen molar-refractivity contribution < 1.29 is 15.4 Å². The molecule has 2 aliphatic carbocycles. The first kappa shape index (κ1) is 21.1. The van der Waals surface area contributed by atoms with Crippen LogP contribution in [0.3, 0.4) is 0 Å². The van der Waals surface area contributed by atoms with Crippen molar-refractivity contribution >= 4 is 33.9 Å². The van der Waals surface area contributed by atoms with Crippen LogP contribution < -0.4 is 10.5 Å². The third-order valence-electron chi connectivity index (χ3n) is 5.18. The molecule has 7 nitrogen and oxygen atoms in total. The lowest BCUT2D eigenvalue weighted by Crippen LogP contribution is -2.17. The van der Waals surface area contributed by atoms with Crippen LogP contribution in [0.25, 0.3) is 0 Å². The highest BCUT2D eigenvalue weighted by Crippen LogP contribution is 2.38. The zero-order valence-corrected chi connectivity index (χ0v) is 17.7.